The van der Waals surface area contributed by atoms with Crippen LogP contribution in [0.25, 0.3) is 11.1 Å². The summed E-state index contributed by atoms with van der Waals surface area (Å²) in [6, 6.07) is 16.2. The summed E-state index contributed by atoms with van der Waals surface area (Å²) in [5.41, 5.74) is 15.1. The first-order valence-electron chi connectivity index (χ1n) is 9.27. The van der Waals surface area contributed by atoms with Gasteiger partial charge in [0.05, 0.1) is 26.2 Å². The number of benzene rings is 2. The molecule has 0 aliphatic heterocycles. The fraction of sp³-hybridized carbons (Fsp3) is 0.333. The van der Waals surface area contributed by atoms with E-state index in [-0.39, 0.29) is 44.7 Å². The molecule has 0 spiro atoms. The topological polar surface area (TPSA) is 134 Å². The van der Waals surface area contributed by atoms with Crippen molar-refractivity contribution in [2.45, 2.75) is 18.2 Å². The molecule has 0 saturated heterocycles. The Bertz CT molecular complexity index is 837. The predicted molar refractivity (Wildman–Crippen MR) is 105 cm³/mol. The number of rotatable bonds is 10. The molecule has 0 fully saturated rings. The Labute approximate surface area is 168 Å². The molecule has 0 amide bonds. The lowest BCUT2D eigenvalue weighted by Crippen LogP contribution is -2.59. The fourth-order valence-electron chi connectivity index (χ4n) is 3.28. The Balaban J connectivity index is 1.42. The van der Waals surface area contributed by atoms with Crippen LogP contribution in [0.2, 0.25) is 0 Å². The molecular formula is C21H24N2O6. The van der Waals surface area contributed by atoms with Crippen molar-refractivity contribution >= 4 is 11.9 Å². The third kappa shape index (κ3) is 4.99. The molecule has 8 nitrogen and oxygen atoms in total. The van der Waals surface area contributed by atoms with E-state index in [1.165, 1.54) is 11.1 Å². The van der Waals surface area contributed by atoms with Crippen molar-refractivity contribution < 1.29 is 28.9 Å². The number of carboxylic acid groups (broad SMARTS) is 1. The van der Waals surface area contributed by atoms with Crippen molar-refractivity contribution in [3.05, 3.63) is 59.7 Å². The highest BCUT2D eigenvalue weighted by Gasteiger charge is 2.30. The second kappa shape index (κ2) is 9.15. The van der Waals surface area contributed by atoms with E-state index in [9.17, 15) is 9.59 Å². The van der Waals surface area contributed by atoms with Crippen molar-refractivity contribution in [2.24, 2.45) is 11.5 Å². The molecule has 0 heterocycles. The minimum atomic E-state index is -2.25. The average molecular weight is 400 g/mol. The summed E-state index contributed by atoms with van der Waals surface area (Å²) < 4.78 is 15.5. The molecule has 154 valence electrons. The van der Waals surface area contributed by atoms with Gasteiger partial charge in [0, 0.05) is 5.92 Å². The molecule has 0 atom stereocenters. The average Bonchev–Trinajstić information content (AvgIpc) is 3.03. The van der Waals surface area contributed by atoms with Gasteiger partial charge < -0.3 is 19.3 Å². The van der Waals surface area contributed by atoms with Crippen molar-refractivity contribution in [3.63, 3.8) is 0 Å². The Morgan fingerprint density at radius 3 is 2.10 bits per heavy atom. The van der Waals surface area contributed by atoms with Gasteiger partial charge in [-0.2, -0.15) is 0 Å². The number of esters is 1. The molecule has 0 aromatic heterocycles. The lowest BCUT2D eigenvalue weighted by atomic mass is 9.98. The number of hydrogen-bond acceptors (Lipinski definition) is 7. The third-order valence-electron chi connectivity index (χ3n) is 4.73. The molecule has 3 rings (SSSR count). The second-order valence-electron chi connectivity index (χ2n) is 6.72. The standard InChI is InChI=1S/C21H24N2O6/c22-21(23,20(25)26)29-12-11-27-10-9-19(24)28-13-18-16-7-3-1-5-14(16)15-6-2-4-8-17(15)18/h1-8,18H,9-13,22-23H2,(H,25,26). The van der Waals surface area contributed by atoms with E-state index in [0.29, 0.717) is 0 Å². The number of aliphatic carboxylic acids is 1. The molecule has 5 N–H and O–H groups in total. The first kappa shape index (κ1) is 20.9. The number of nitrogens with two attached hydrogens (primary N) is 2. The number of hydrogen-bond donors (Lipinski definition) is 3. The third-order valence-corrected chi connectivity index (χ3v) is 4.73. The highest BCUT2D eigenvalue weighted by Crippen LogP contribution is 2.44. The second-order valence-corrected chi connectivity index (χ2v) is 6.72. The number of carbonyl (C=O) groups excluding carboxylic acids is 1. The maximum absolute atomic E-state index is 12.1. The van der Waals surface area contributed by atoms with Crippen molar-refractivity contribution in [3.8, 4) is 11.1 Å². The van der Waals surface area contributed by atoms with Crippen molar-refractivity contribution in [2.75, 3.05) is 26.4 Å². The quantitative estimate of drug-likeness (QED) is 0.310. The minimum Gasteiger partial charge on any atom is -0.477 e. The van der Waals surface area contributed by atoms with Gasteiger partial charge in [-0.1, -0.05) is 48.5 Å². The highest BCUT2D eigenvalue weighted by atomic mass is 16.6. The van der Waals surface area contributed by atoms with Crippen LogP contribution in [0.5, 0.6) is 0 Å². The van der Waals surface area contributed by atoms with Crippen LogP contribution in [0.15, 0.2) is 48.5 Å². The molecule has 29 heavy (non-hydrogen) atoms. The molecule has 2 aromatic rings. The van der Waals surface area contributed by atoms with Gasteiger partial charge in [0.1, 0.15) is 6.61 Å². The summed E-state index contributed by atoms with van der Waals surface area (Å²) in [6.45, 7) is 0.330. The van der Waals surface area contributed by atoms with Crippen LogP contribution >= 0.6 is 0 Å². The van der Waals surface area contributed by atoms with E-state index in [0.717, 1.165) is 11.1 Å². The first-order chi connectivity index (χ1) is 13.9. The van der Waals surface area contributed by atoms with E-state index in [1.807, 2.05) is 24.3 Å². The molecule has 0 unspecified atom stereocenters. The molecule has 0 bridgehead atoms. The van der Waals surface area contributed by atoms with Crippen LogP contribution in [-0.2, 0) is 23.8 Å². The van der Waals surface area contributed by atoms with Gasteiger partial charge in [-0.25, -0.2) is 4.79 Å². The minimum absolute atomic E-state index is 0.0129. The maximum atomic E-state index is 12.1. The molecular weight excluding hydrogens is 376 g/mol. The Morgan fingerprint density at radius 1 is 0.931 bits per heavy atom. The summed E-state index contributed by atoms with van der Waals surface area (Å²) in [4.78, 5) is 22.7. The zero-order valence-corrected chi connectivity index (χ0v) is 15.9. The largest absolute Gasteiger partial charge is 0.477 e. The zero-order chi connectivity index (χ0) is 20.9. The summed E-state index contributed by atoms with van der Waals surface area (Å²) >= 11 is 0. The van der Waals surface area contributed by atoms with Crippen LogP contribution in [0.3, 0.4) is 0 Å². The molecule has 1 aliphatic rings. The summed E-state index contributed by atoms with van der Waals surface area (Å²) in [5.74, 6) is -4.09. The highest BCUT2D eigenvalue weighted by molar-refractivity contribution is 5.79. The van der Waals surface area contributed by atoms with E-state index < -0.39 is 11.8 Å². The maximum Gasteiger partial charge on any atom is 0.367 e. The van der Waals surface area contributed by atoms with Crippen molar-refractivity contribution in [1.82, 2.24) is 0 Å². The Morgan fingerprint density at radius 2 is 1.52 bits per heavy atom. The van der Waals surface area contributed by atoms with Gasteiger partial charge in [-0.3, -0.25) is 16.3 Å². The smallest absolute Gasteiger partial charge is 0.367 e. The normalized spacial score (nSPS) is 13.0. The van der Waals surface area contributed by atoms with Crippen LogP contribution in [0.4, 0.5) is 0 Å². The summed E-state index contributed by atoms with van der Waals surface area (Å²) in [5, 5.41) is 8.71. The zero-order valence-electron chi connectivity index (χ0n) is 15.9. The van der Waals surface area contributed by atoms with Gasteiger partial charge in [0.15, 0.2) is 0 Å². The van der Waals surface area contributed by atoms with Gasteiger partial charge in [0.25, 0.3) is 5.85 Å². The number of ether oxygens (including phenoxy) is 3. The molecule has 2 aromatic carbocycles. The van der Waals surface area contributed by atoms with Crippen LogP contribution in [0, 0.1) is 0 Å². The van der Waals surface area contributed by atoms with Crippen LogP contribution in [0.1, 0.15) is 23.5 Å². The lowest BCUT2D eigenvalue weighted by Gasteiger charge is -2.19. The summed E-state index contributed by atoms with van der Waals surface area (Å²) in [6.07, 6.45) is 0.0747. The van der Waals surface area contributed by atoms with Gasteiger partial charge in [0.2, 0.25) is 0 Å². The molecule has 1 aliphatic carbocycles. The van der Waals surface area contributed by atoms with Gasteiger partial charge in [-0.05, 0) is 22.3 Å². The number of carbonyl (C=O) groups is 2. The van der Waals surface area contributed by atoms with E-state index in [4.69, 9.17) is 30.8 Å². The molecule has 0 saturated carbocycles. The number of fused-ring (bicyclic) bond motifs is 3. The van der Waals surface area contributed by atoms with E-state index >= 15 is 0 Å². The van der Waals surface area contributed by atoms with Crippen molar-refractivity contribution in [1.29, 1.82) is 0 Å². The fourth-order valence-corrected chi connectivity index (χ4v) is 3.28. The SMILES string of the molecule is NC(N)(OCCOCCC(=O)OCC1c2ccccc2-c2ccccc21)C(=O)O. The van der Waals surface area contributed by atoms with E-state index in [2.05, 4.69) is 24.3 Å². The summed E-state index contributed by atoms with van der Waals surface area (Å²) in [7, 11) is 0. The molecule has 8 heteroatoms. The Hall–Kier alpha value is -2.78. The van der Waals surface area contributed by atoms with Gasteiger partial charge in [-0.15, -0.1) is 0 Å². The predicted octanol–water partition coefficient (Wildman–Crippen LogP) is 1.42. The lowest BCUT2D eigenvalue weighted by molar-refractivity contribution is -0.166. The Kier molecular flexibility index (Phi) is 6.60. The monoisotopic (exact) mass is 400 g/mol. The van der Waals surface area contributed by atoms with E-state index in [1.54, 1.807) is 0 Å². The van der Waals surface area contributed by atoms with Crippen LogP contribution in [-0.4, -0.2) is 49.3 Å². The first-order valence-corrected chi connectivity index (χ1v) is 9.27. The number of carboxylic acids is 1. The molecule has 0 radical (unpaired) electrons. The van der Waals surface area contributed by atoms with Gasteiger partial charge >= 0.3 is 11.9 Å². The van der Waals surface area contributed by atoms with Crippen LogP contribution < -0.4 is 11.5 Å².